The first-order chi connectivity index (χ1) is 4.33. The molecule has 0 aromatic carbocycles. The lowest BCUT2D eigenvalue weighted by Gasteiger charge is -2.08. The van der Waals surface area contributed by atoms with E-state index in [1.165, 1.54) is 12.8 Å². The highest BCUT2D eigenvalue weighted by Crippen LogP contribution is 2.32. The molecule has 2 heteroatoms. The van der Waals surface area contributed by atoms with Crippen LogP contribution in [-0.4, -0.2) is 17.9 Å². The summed E-state index contributed by atoms with van der Waals surface area (Å²) in [6.45, 7) is 2.88. The summed E-state index contributed by atoms with van der Waals surface area (Å²) in [6.07, 6.45) is 3.35. The Hall–Kier alpha value is -0.0800. The summed E-state index contributed by atoms with van der Waals surface area (Å²) in [6, 6.07) is 0. The van der Waals surface area contributed by atoms with E-state index in [0.29, 0.717) is 0 Å². The van der Waals surface area contributed by atoms with Crippen molar-refractivity contribution in [1.29, 1.82) is 0 Å². The third kappa shape index (κ3) is 2.82. The third-order valence-corrected chi connectivity index (χ3v) is 1.69. The Labute approximate surface area is 56.3 Å². The van der Waals surface area contributed by atoms with Crippen molar-refractivity contribution in [3.63, 3.8) is 0 Å². The molecule has 1 saturated carbocycles. The van der Waals surface area contributed by atoms with Gasteiger partial charge < -0.3 is 5.11 Å². The van der Waals surface area contributed by atoms with Crippen LogP contribution in [0, 0.1) is 5.92 Å². The van der Waals surface area contributed by atoms with E-state index in [1.54, 1.807) is 0 Å². The summed E-state index contributed by atoms with van der Waals surface area (Å²) in [4.78, 5) is 0. The number of aliphatic hydroxyl groups is 1. The fourth-order valence-corrected chi connectivity index (χ4v) is 0.988. The molecule has 1 aliphatic rings. The Bertz CT molecular complexity index is 81.0. The highest BCUT2D eigenvalue weighted by atomic mass is 16.3. The Morgan fingerprint density at radius 2 is 2.33 bits per heavy atom. The Balaban J connectivity index is 1.95. The van der Waals surface area contributed by atoms with Crippen molar-refractivity contribution in [2.24, 2.45) is 5.92 Å². The van der Waals surface area contributed by atoms with Gasteiger partial charge in [0, 0.05) is 0 Å². The van der Waals surface area contributed by atoms with Crippen molar-refractivity contribution in [3.05, 3.63) is 0 Å². The zero-order valence-corrected chi connectivity index (χ0v) is 5.93. The summed E-state index contributed by atoms with van der Waals surface area (Å²) in [7, 11) is 0. The van der Waals surface area contributed by atoms with Crippen LogP contribution >= 0.6 is 0 Å². The van der Waals surface area contributed by atoms with Gasteiger partial charge in [-0.2, -0.15) is 0 Å². The first-order valence-electron chi connectivity index (χ1n) is 3.74. The van der Waals surface area contributed by atoms with Crippen LogP contribution in [0.3, 0.4) is 0 Å². The molecule has 0 aromatic heterocycles. The number of hydrogen-bond acceptors (Lipinski definition) is 2. The minimum Gasteiger partial charge on any atom is -0.379 e. The molecule has 2 N–H and O–H groups in total. The van der Waals surface area contributed by atoms with Crippen LogP contribution in [0.4, 0.5) is 0 Å². The molecule has 1 unspecified atom stereocenters. The molecular weight excluding hydrogens is 114 g/mol. The van der Waals surface area contributed by atoms with Gasteiger partial charge in [-0.3, -0.25) is 5.32 Å². The summed E-state index contributed by atoms with van der Waals surface area (Å²) >= 11 is 0. The molecule has 0 aliphatic heterocycles. The molecule has 9 heavy (non-hydrogen) atoms. The maximum Gasteiger partial charge on any atom is 0.105 e. The van der Waals surface area contributed by atoms with Gasteiger partial charge in [0.15, 0.2) is 0 Å². The van der Waals surface area contributed by atoms with E-state index in [2.05, 4.69) is 5.32 Å². The van der Waals surface area contributed by atoms with E-state index in [1.807, 2.05) is 6.92 Å². The van der Waals surface area contributed by atoms with Crippen LogP contribution < -0.4 is 5.32 Å². The van der Waals surface area contributed by atoms with Crippen LogP contribution in [0.25, 0.3) is 0 Å². The van der Waals surface area contributed by atoms with Crippen molar-refractivity contribution in [2.75, 3.05) is 6.54 Å². The molecule has 0 amide bonds. The smallest absolute Gasteiger partial charge is 0.105 e. The van der Waals surface area contributed by atoms with E-state index in [0.717, 1.165) is 18.9 Å². The fourth-order valence-electron chi connectivity index (χ4n) is 0.988. The molecule has 0 bridgehead atoms. The van der Waals surface area contributed by atoms with Crippen molar-refractivity contribution in [1.82, 2.24) is 5.32 Å². The minimum absolute atomic E-state index is 0.248. The molecule has 2 nitrogen and oxygen atoms in total. The number of nitrogens with one attached hydrogen (secondary N) is 1. The number of aliphatic hydroxyl groups excluding tert-OH is 1. The largest absolute Gasteiger partial charge is 0.379 e. The average Bonchev–Trinajstić information content (AvgIpc) is 2.50. The lowest BCUT2D eigenvalue weighted by atomic mass is 10.2. The molecule has 0 spiro atoms. The second-order valence-electron chi connectivity index (χ2n) is 2.75. The molecule has 1 fully saturated rings. The van der Waals surface area contributed by atoms with E-state index in [9.17, 15) is 0 Å². The van der Waals surface area contributed by atoms with Crippen LogP contribution in [-0.2, 0) is 0 Å². The Kier molecular flexibility index (Phi) is 2.49. The minimum atomic E-state index is -0.248. The van der Waals surface area contributed by atoms with Gasteiger partial charge in [-0.25, -0.2) is 0 Å². The molecular formula is C7H15NO. The highest BCUT2D eigenvalue weighted by molar-refractivity contribution is 4.75. The molecule has 0 saturated heterocycles. The second kappa shape index (κ2) is 3.18. The lowest BCUT2D eigenvalue weighted by Crippen LogP contribution is -2.28. The SMILES string of the molecule is CCNC(O)CC1CC1. The Morgan fingerprint density at radius 1 is 1.67 bits per heavy atom. The topological polar surface area (TPSA) is 32.3 Å². The van der Waals surface area contributed by atoms with Gasteiger partial charge in [-0.15, -0.1) is 0 Å². The summed E-state index contributed by atoms with van der Waals surface area (Å²) in [5.41, 5.74) is 0. The molecule has 1 aliphatic carbocycles. The van der Waals surface area contributed by atoms with Gasteiger partial charge >= 0.3 is 0 Å². The zero-order chi connectivity index (χ0) is 6.69. The van der Waals surface area contributed by atoms with Gasteiger partial charge in [0.25, 0.3) is 0 Å². The molecule has 1 atom stereocenters. The predicted octanol–water partition coefficient (Wildman–Crippen LogP) is 0.714. The monoisotopic (exact) mass is 129 g/mol. The van der Waals surface area contributed by atoms with Gasteiger partial charge in [0.2, 0.25) is 0 Å². The number of hydrogen-bond donors (Lipinski definition) is 2. The van der Waals surface area contributed by atoms with E-state index in [-0.39, 0.29) is 6.23 Å². The van der Waals surface area contributed by atoms with E-state index < -0.39 is 0 Å². The Morgan fingerprint density at radius 3 is 2.78 bits per heavy atom. The van der Waals surface area contributed by atoms with Crippen LogP contribution in [0.2, 0.25) is 0 Å². The molecule has 0 radical (unpaired) electrons. The van der Waals surface area contributed by atoms with Crippen molar-refractivity contribution in [2.45, 2.75) is 32.4 Å². The van der Waals surface area contributed by atoms with Gasteiger partial charge in [0.05, 0.1) is 0 Å². The lowest BCUT2D eigenvalue weighted by molar-refractivity contribution is 0.124. The summed E-state index contributed by atoms with van der Waals surface area (Å²) < 4.78 is 0. The van der Waals surface area contributed by atoms with Gasteiger partial charge in [0.1, 0.15) is 6.23 Å². The average molecular weight is 129 g/mol. The first kappa shape index (κ1) is 7.03. The molecule has 0 aromatic rings. The number of rotatable bonds is 4. The van der Waals surface area contributed by atoms with Gasteiger partial charge in [-0.1, -0.05) is 19.8 Å². The quantitative estimate of drug-likeness (QED) is 0.548. The zero-order valence-electron chi connectivity index (χ0n) is 5.93. The van der Waals surface area contributed by atoms with Crippen LogP contribution in [0.15, 0.2) is 0 Å². The van der Waals surface area contributed by atoms with Crippen molar-refractivity contribution >= 4 is 0 Å². The second-order valence-corrected chi connectivity index (χ2v) is 2.75. The molecule has 54 valence electrons. The van der Waals surface area contributed by atoms with Crippen molar-refractivity contribution < 1.29 is 5.11 Å². The normalized spacial score (nSPS) is 22.0. The maximum atomic E-state index is 9.15. The molecule has 0 heterocycles. The fraction of sp³-hybridized carbons (Fsp3) is 1.00. The maximum absolute atomic E-state index is 9.15. The summed E-state index contributed by atoms with van der Waals surface area (Å²) in [5.74, 6) is 0.819. The third-order valence-electron chi connectivity index (χ3n) is 1.69. The van der Waals surface area contributed by atoms with E-state index in [4.69, 9.17) is 5.11 Å². The van der Waals surface area contributed by atoms with Crippen LogP contribution in [0.1, 0.15) is 26.2 Å². The van der Waals surface area contributed by atoms with Crippen LogP contribution in [0.5, 0.6) is 0 Å². The standard InChI is InChI=1S/C7H15NO/c1-2-8-7(9)5-6-3-4-6/h6-9H,2-5H2,1H3. The summed E-state index contributed by atoms with van der Waals surface area (Å²) in [5, 5.41) is 12.1. The first-order valence-corrected chi connectivity index (χ1v) is 3.74. The molecule has 1 rings (SSSR count). The highest BCUT2D eigenvalue weighted by Gasteiger charge is 2.23. The van der Waals surface area contributed by atoms with Crippen molar-refractivity contribution in [3.8, 4) is 0 Å². The van der Waals surface area contributed by atoms with Gasteiger partial charge in [-0.05, 0) is 18.9 Å². The predicted molar refractivity (Wildman–Crippen MR) is 37.0 cm³/mol. The van der Waals surface area contributed by atoms with E-state index >= 15 is 0 Å².